The second kappa shape index (κ2) is 3.55. The third-order valence-electron chi connectivity index (χ3n) is 2.90. The lowest BCUT2D eigenvalue weighted by Gasteiger charge is -2.13. The van der Waals surface area contributed by atoms with Gasteiger partial charge >= 0.3 is 0 Å². The van der Waals surface area contributed by atoms with Crippen molar-refractivity contribution in [3.05, 3.63) is 34.9 Å². The summed E-state index contributed by atoms with van der Waals surface area (Å²) < 4.78 is 0. The molecule has 0 atom stereocenters. The van der Waals surface area contributed by atoms with Crippen LogP contribution < -0.4 is 0 Å². The van der Waals surface area contributed by atoms with Crippen molar-refractivity contribution in [2.24, 2.45) is 0 Å². The van der Waals surface area contributed by atoms with E-state index in [2.05, 4.69) is 24.8 Å². The first-order valence-electron chi connectivity index (χ1n) is 4.64. The number of hydrogen-bond donors (Lipinski definition) is 1. The molecule has 1 aromatic rings. The van der Waals surface area contributed by atoms with Crippen LogP contribution in [-0.2, 0) is 5.41 Å². The molecule has 13 heavy (non-hydrogen) atoms. The van der Waals surface area contributed by atoms with Crippen LogP contribution in [0.2, 0.25) is 5.02 Å². The average Bonchev–Trinajstić information content (AvgIpc) is 2.87. The van der Waals surface area contributed by atoms with Crippen LogP contribution in [0.5, 0.6) is 0 Å². The molecular formula is C11H13ClS. The lowest BCUT2D eigenvalue weighted by Crippen LogP contribution is -2.06. The van der Waals surface area contributed by atoms with Crippen molar-refractivity contribution in [1.82, 2.24) is 0 Å². The van der Waals surface area contributed by atoms with Gasteiger partial charge in [-0.15, -0.1) is 0 Å². The largest absolute Gasteiger partial charge is 0.179 e. The van der Waals surface area contributed by atoms with Gasteiger partial charge in [-0.1, -0.05) is 23.7 Å². The van der Waals surface area contributed by atoms with Crippen LogP contribution in [0.15, 0.2) is 24.3 Å². The normalized spacial score (nSPS) is 18.6. The third kappa shape index (κ3) is 1.87. The summed E-state index contributed by atoms with van der Waals surface area (Å²) in [6.45, 7) is 0. The van der Waals surface area contributed by atoms with Crippen LogP contribution in [0.25, 0.3) is 0 Å². The first-order chi connectivity index (χ1) is 6.27. The fraction of sp³-hybridized carbons (Fsp3) is 0.455. The Kier molecular flexibility index (Phi) is 2.57. The molecule has 70 valence electrons. The molecule has 0 nitrogen and oxygen atoms in total. The molecule has 0 spiro atoms. The summed E-state index contributed by atoms with van der Waals surface area (Å²) in [7, 11) is 0. The maximum Gasteiger partial charge on any atom is 0.0406 e. The number of benzene rings is 1. The minimum Gasteiger partial charge on any atom is -0.179 e. The second-order valence-corrected chi connectivity index (χ2v) is 4.64. The highest BCUT2D eigenvalue weighted by Gasteiger charge is 2.42. The average molecular weight is 213 g/mol. The third-order valence-corrected chi connectivity index (χ3v) is 3.38. The van der Waals surface area contributed by atoms with E-state index in [-0.39, 0.29) is 0 Å². The van der Waals surface area contributed by atoms with Crippen molar-refractivity contribution in [2.75, 3.05) is 5.75 Å². The molecule has 1 aromatic carbocycles. The molecule has 0 radical (unpaired) electrons. The van der Waals surface area contributed by atoms with Crippen molar-refractivity contribution in [3.63, 3.8) is 0 Å². The predicted molar refractivity (Wildman–Crippen MR) is 60.8 cm³/mol. The Morgan fingerprint density at radius 3 is 2.31 bits per heavy atom. The Labute approximate surface area is 89.7 Å². The fourth-order valence-corrected chi connectivity index (χ4v) is 2.41. The molecule has 0 bridgehead atoms. The molecule has 1 aliphatic carbocycles. The summed E-state index contributed by atoms with van der Waals surface area (Å²) in [4.78, 5) is 0. The van der Waals surface area contributed by atoms with E-state index in [1.807, 2.05) is 12.1 Å². The van der Waals surface area contributed by atoms with E-state index < -0.39 is 0 Å². The highest BCUT2D eigenvalue weighted by molar-refractivity contribution is 7.80. The molecule has 0 amide bonds. The summed E-state index contributed by atoms with van der Waals surface area (Å²) in [6, 6.07) is 8.27. The van der Waals surface area contributed by atoms with Gasteiger partial charge in [0.05, 0.1) is 0 Å². The molecule has 0 saturated heterocycles. The lowest BCUT2D eigenvalue weighted by molar-refractivity contribution is 0.672. The molecule has 1 aliphatic rings. The van der Waals surface area contributed by atoms with Gasteiger partial charge in [0.1, 0.15) is 0 Å². The van der Waals surface area contributed by atoms with Crippen LogP contribution in [0.3, 0.4) is 0 Å². The zero-order valence-corrected chi connectivity index (χ0v) is 9.11. The van der Waals surface area contributed by atoms with E-state index in [0.717, 1.165) is 10.8 Å². The summed E-state index contributed by atoms with van der Waals surface area (Å²) >= 11 is 10.1. The van der Waals surface area contributed by atoms with Crippen molar-refractivity contribution in [1.29, 1.82) is 0 Å². The van der Waals surface area contributed by atoms with Gasteiger partial charge in [0.25, 0.3) is 0 Å². The summed E-state index contributed by atoms with van der Waals surface area (Å²) in [6.07, 6.45) is 3.82. The summed E-state index contributed by atoms with van der Waals surface area (Å²) in [5.74, 6) is 0.975. The van der Waals surface area contributed by atoms with E-state index in [9.17, 15) is 0 Å². The summed E-state index contributed by atoms with van der Waals surface area (Å²) in [5, 5.41) is 0.824. The van der Waals surface area contributed by atoms with E-state index >= 15 is 0 Å². The number of rotatable bonds is 3. The van der Waals surface area contributed by atoms with Crippen molar-refractivity contribution in [3.8, 4) is 0 Å². The van der Waals surface area contributed by atoms with Crippen molar-refractivity contribution in [2.45, 2.75) is 24.7 Å². The Morgan fingerprint density at radius 1 is 1.23 bits per heavy atom. The molecule has 0 aliphatic heterocycles. The van der Waals surface area contributed by atoms with Gasteiger partial charge in [-0.25, -0.2) is 0 Å². The molecule has 2 rings (SSSR count). The SMILES string of the molecule is SCCC1(c2ccc(Cl)cc2)CC1. The highest BCUT2D eigenvalue weighted by atomic mass is 35.5. The minimum absolute atomic E-state index is 0.451. The molecule has 0 N–H and O–H groups in total. The van der Waals surface area contributed by atoms with Gasteiger partial charge in [-0.05, 0) is 48.1 Å². The number of hydrogen-bond acceptors (Lipinski definition) is 1. The van der Waals surface area contributed by atoms with Gasteiger partial charge in [0, 0.05) is 5.02 Å². The molecule has 0 unspecified atom stereocenters. The Balaban J connectivity index is 2.20. The molecule has 0 heterocycles. The minimum atomic E-state index is 0.451. The first kappa shape index (κ1) is 9.42. The first-order valence-corrected chi connectivity index (χ1v) is 5.65. The van der Waals surface area contributed by atoms with Crippen LogP contribution in [0.4, 0.5) is 0 Å². The van der Waals surface area contributed by atoms with Gasteiger partial charge in [-0.2, -0.15) is 12.6 Å². The Morgan fingerprint density at radius 2 is 1.85 bits per heavy atom. The molecule has 1 saturated carbocycles. The maximum atomic E-state index is 5.84. The van der Waals surface area contributed by atoms with E-state index in [1.54, 1.807) is 0 Å². The molecule has 2 heteroatoms. The molecular weight excluding hydrogens is 200 g/mol. The Bertz CT molecular complexity index is 287. The smallest absolute Gasteiger partial charge is 0.0406 e. The van der Waals surface area contributed by atoms with E-state index in [1.165, 1.54) is 24.8 Å². The fourth-order valence-electron chi connectivity index (χ4n) is 1.85. The highest BCUT2D eigenvalue weighted by Crippen LogP contribution is 2.51. The standard InChI is InChI=1S/C11H13ClS/c12-10-3-1-9(2-4-10)11(5-6-11)7-8-13/h1-4,13H,5-8H2. The molecule has 0 aromatic heterocycles. The van der Waals surface area contributed by atoms with E-state index in [4.69, 9.17) is 11.6 Å². The van der Waals surface area contributed by atoms with Gasteiger partial charge in [0.15, 0.2) is 0 Å². The van der Waals surface area contributed by atoms with Gasteiger partial charge < -0.3 is 0 Å². The van der Waals surface area contributed by atoms with Crippen LogP contribution in [-0.4, -0.2) is 5.75 Å². The number of thiol groups is 1. The van der Waals surface area contributed by atoms with Crippen LogP contribution in [0, 0.1) is 0 Å². The van der Waals surface area contributed by atoms with E-state index in [0.29, 0.717) is 5.41 Å². The number of halogens is 1. The zero-order chi connectivity index (χ0) is 9.31. The van der Waals surface area contributed by atoms with Gasteiger partial charge in [0.2, 0.25) is 0 Å². The van der Waals surface area contributed by atoms with Crippen LogP contribution >= 0.6 is 24.2 Å². The maximum absolute atomic E-state index is 5.84. The second-order valence-electron chi connectivity index (χ2n) is 3.76. The lowest BCUT2D eigenvalue weighted by atomic mass is 9.93. The summed E-state index contributed by atoms with van der Waals surface area (Å²) in [5.41, 5.74) is 1.89. The topological polar surface area (TPSA) is 0 Å². The quantitative estimate of drug-likeness (QED) is 0.726. The van der Waals surface area contributed by atoms with Gasteiger partial charge in [-0.3, -0.25) is 0 Å². The Hall–Kier alpha value is -0.140. The van der Waals surface area contributed by atoms with Crippen molar-refractivity contribution < 1.29 is 0 Å². The molecule has 1 fully saturated rings. The zero-order valence-electron chi connectivity index (χ0n) is 7.46. The predicted octanol–water partition coefficient (Wildman–Crippen LogP) is 3.69. The van der Waals surface area contributed by atoms with Crippen LogP contribution in [0.1, 0.15) is 24.8 Å². The van der Waals surface area contributed by atoms with Crippen molar-refractivity contribution >= 4 is 24.2 Å². The monoisotopic (exact) mass is 212 g/mol.